The second kappa shape index (κ2) is 6.39. The number of hydrogen-bond acceptors (Lipinski definition) is 3. The number of allylic oxidation sites excluding steroid dienone is 1. The molecule has 0 saturated carbocycles. The van der Waals surface area contributed by atoms with E-state index in [1.807, 2.05) is 19.1 Å². The van der Waals surface area contributed by atoms with Crippen LogP contribution < -0.4 is 5.73 Å². The molecule has 5 heteroatoms. The number of anilines is 1. The van der Waals surface area contributed by atoms with Crippen molar-refractivity contribution < 1.29 is 4.79 Å². The largest absolute Gasteiger partial charge is 0.399 e. The van der Waals surface area contributed by atoms with Gasteiger partial charge < -0.3 is 5.73 Å². The first kappa shape index (κ1) is 14.3. The van der Waals surface area contributed by atoms with E-state index < -0.39 is 0 Å². The maximum atomic E-state index is 12.2. The highest BCUT2D eigenvalue weighted by Gasteiger charge is 2.14. The van der Waals surface area contributed by atoms with Crippen molar-refractivity contribution in [2.45, 2.75) is 19.9 Å². The van der Waals surface area contributed by atoms with E-state index >= 15 is 0 Å². The number of nitrogens with zero attached hydrogens (tertiary/aromatic N) is 2. The molecule has 4 nitrogen and oxygen atoms in total. The molecule has 0 amide bonds. The summed E-state index contributed by atoms with van der Waals surface area (Å²) in [7, 11) is 0. The van der Waals surface area contributed by atoms with Gasteiger partial charge in [-0.2, -0.15) is 5.10 Å². The van der Waals surface area contributed by atoms with Gasteiger partial charge in [0.25, 0.3) is 0 Å². The minimum absolute atomic E-state index is 0.155. The summed E-state index contributed by atoms with van der Waals surface area (Å²) < 4.78 is 1.64. The summed E-state index contributed by atoms with van der Waals surface area (Å²) in [5, 5.41) is 4.49. The average Bonchev–Trinajstić information content (AvgIpc) is 2.79. The quantitative estimate of drug-likeness (QED) is 0.521. The minimum atomic E-state index is -0.155. The maximum Gasteiger partial charge on any atom is 0.205 e. The van der Waals surface area contributed by atoms with Crippen LogP contribution in [0.3, 0.4) is 0 Å². The smallest absolute Gasteiger partial charge is 0.205 e. The molecule has 2 aromatic rings. The Morgan fingerprint density at radius 1 is 1.40 bits per heavy atom. The maximum absolute atomic E-state index is 12.2. The fraction of sp³-hybridized carbons (Fsp3) is 0.200. The number of rotatable bonds is 5. The molecule has 0 aliphatic heterocycles. The Morgan fingerprint density at radius 2 is 2.10 bits per heavy atom. The normalized spacial score (nSPS) is 11.1. The Morgan fingerprint density at radius 3 is 2.75 bits per heavy atom. The van der Waals surface area contributed by atoms with Crippen LogP contribution in [0, 0.1) is 0 Å². The van der Waals surface area contributed by atoms with Gasteiger partial charge in [-0.15, -0.1) is 0 Å². The standard InChI is InChI=1S/C15H16ClN3O/c1-2-9-19-15(13(16)10-18-19)14(20)8-5-11-3-6-12(17)7-4-11/h3-8,10H,2,9,17H2,1H3/b8-5+. The van der Waals surface area contributed by atoms with Gasteiger partial charge in [0.1, 0.15) is 5.69 Å². The average molecular weight is 290 g/mol. The van der Waals surface area contributed by atoms with Crippen LogP contribution in [-0.4, -0.2) is 15.6 Å². The molecule has 0 aliphatic carbocycles. The molecule has 0 saturated heterocycles. The molecule has 104 valence electrons. The van der Waals surface area contributed by atoms with Gasteiger partial charge in [-0.05, 0) is 30.2 Å². The molecular formula is C15H16ClN3O. The summed E-state index contributed by atoms with van der Waals surface area (Å²) in [6.45, 7) is 2.69. The molecule has 0 fully saturated rings. The summed E-state index contributed by atoms with van der Waals surface area (Å²) in [6.07, 6.45) is 5.63. The van der Waals surface area contributed by atoms with Crippen molar-refractivity contribution in [3.05, 3.63) is 52.8 Å². The number of nitrogens with two attached hydrogens (primary N) is 1. The van der Waals surface area contributed by atoms with Crippen molar-refractivity contribution in [1.29, 1.82) is 0 Å². The minimum Gasteiger partial charge on any atom is -0.399 e. The Hall–Kier alpha value is -2.07. The van der Waals surface area contributed by atoms with Gasteiger partial charge in [0.15, 0.2) is 0 Å². The number of aryl methyl sites for hydroxylation is 1. The van der Waals surface area contributed by atoms with Gasteiger partial charge in [-0.3, -0.25) is 9.48 Å². The monoisotopic (exact) mass is 289 g/mol. The van der Waals surface area contributed by atoms with Gasteiger partial charge >= 0.3 is 0 Å². The van der Waals surface area contributed by atoms with Gasteiger partial charge in [0, 0.05) is 12.2 Å². The van der Waals surface area contributed by atoms with Crippen molar-refractivity contribution in [3.63, 3.8) is 0 Å². The first-order valence-electron chi connectivity index (χ1n) is 6.41. The molecule has 1 aromatic heterocycles. The second-order valence-electron chi connectivity index (χ2n) is 4.43. The van der Waals surface area contributed by atoms with Crippen molar-refractivity contribution in [2.75, 3.05) is 5.73 Å². The third-order valence-corrected chi connectivity index (χ3v) is 3.10. The molecule has 1 aromatic carbocycles. The number of aromatic nitrogens is 2. The third-order valence-electron chi connectivity index (χ3n) is 2.83. The van der Waals surface area contributed by atoms with E-state index in [1.54, 1.807) is 22.9 Å². The van der Waals surface area contributed by atoms with Crippen LogP contribution in [0.2, 0.25) is 5.02 Å². The fourth-order valence-corrected chi connectivity index (χ4v) is 2.08. The SMILES string of the molecule is CCCn1ncc(Cl)c1C(=O)/C=C/c1ccc(N)cc1. The van der Waals surface area contributed by atoms with Crippen LogP contribution >= 0.6 is 11.6 Å². The first-order chi connectivity index (χ1) is 9.61. The van der Waals surface area contributed by atoms with E-state index in [2.05, 4.69) is 5.10 Å². The van der Waals surface area contributed by atoms with Crippen LogP contribution in [0.4, 0.5) is 5.69 Å². The molecule has 2 N–H and O–H groups in total. The Balaban J connectivity index is 2.19. The highest BCUT2D eigenvalue weighted by molar-refractivity contribution is 6.34. The molecule has 20 heavy (non-hydrogen) atoms. The van der Waals surface area contributed by atoms with Crippen LogP contribution in [0.25, 0.3) is 6.08 Å². The molecule has 0 aliphatic rings. The lowest BCUT2D eigenvalue weighted by Crippen LogP contribution is -2.09. The van der Waals surface area contributed by atoms with E-state index in [-0.39, 0.29) is 5.78 Å². The molecular weight excluding hydrogens is 274 g/mol. The van der Waals surface area contributed by atoms with E-state index in [4.69, 9.17) is 17.3 Å². The number of ketones is 1. The van der Waals surface area contributed by atoms with Crippen LogP contribution in [0.15, 0.2) is 36.5 Å². The van der Waals surface area contributed by atoms with Crippen molar-refractivity contribution in [2.24, 2.45) is 0 Å². The number of benzene rings is 1. The highest BCUT2D eigenvalue weighted by Crippen LogP contribution is 2.17. The number of carbonyl (C=O) groups is 1. The van der Waals surface area contributed by atoms with Gasteiger partial charge in [0.05, 0.1) is 11.2 Å². The van der Waals surface area contributed by atoms with Gasteiger partial charge in [0.2, 0.25) is 5.78 Å². The molecule has 0 unspecified atom stereocenters. The van der Waals surface area contributed by atoms with E-state index in [9.17, 15) is 4.79 Å². The molecule has 0 bridgehead atoms. The Kier molecular flexibility index (Phi) is 4.58. The van der Waals surface area contributed by atoms with Crippen LogP contribution in [-0.2, 0) is 6.54 Å². The lowest BCUT2D eigenvalue weighted by Gasteiger charge is -2.03. The summed E-state index contributed by atoms with van der Waals surface area (Å²) in [6, 6.07) is 7.28. The molecule has 0 spiro atoms. The summed E-state index contributed by atoms with van der Waals surface area (Å²) in [5.74, 6) is -0.155. The van der Waals surface area contributed by atoms with Crippen molar-refractivity contribution >= 4 is 29.1 Å². The van der Waals surface area contributed by atoms with Gasteiger partial charge in [-0.25, -0.2) is 0 Å². The van der Waals surface area contributed by atoms with Crippen LogP contribution in [0.1, 0.15) is 29.4 Å². The third kappa shape index (κ3) is 3.27. The molecule has 0 atom stereocenters. The lowest BCUT2D eigenvalue weighted by atomic mass is 10.1. The van der Waals surface area contributed by atoms with Crippen molar-refractivity contribution in [1.82, 2.24) is 9.78 Å². The van der Waals surface area contributed by atoms with E-state index in [0.717, 1.165) is 12.0 Å². The fourth-order valence-electron chi connectivity index (χ4n) is 1.85. The van der Waals surface area contributed by atoms with E-state index in [0.29, 0.717) is 22.9 Å². The van der Waals surface area contributed by atoms with Crippen LogP contribution in [0.5, 0.6) is 0 Å². The number of carbonyl (C=O) groups excluding carboxylic acids is 1. The molecule has 2 rings (SSSR count). The predicted octanol–water partition coefficient (Wildman–Crippen LogP) is 3.42. The predicted molar refractivity (Wildman–Crippen MR) is 81.7 cm³/mol. The zero-order valence-corrected chi connectivity index (χ0v) is 12.0. The van der Waals surface area contributed by atoms with Crippen molar-refractivity contribution in [3.8, 4) is 0 Å². The lowest BCUT2D eigenvalue weighted by molar-refractivity contribution is 0.103. The topological polar surface area (TPSA) is 60.9 Å². The molecule has 0 radical (unpaired) electrons. The number of hydrogen-bond donors (Lipinski definition) is 1. The first-order valence-corrected chi connectivity index (χ1v) is 6.79. The summed E-state index contributed by atoms with van der Waals surface area (Å²) in [4.78, 5) is 12.2. The summed E-state index contributed by atoms with van der Waals surface area (Å²) >= 11 is 6.02. The molecule has 1 heterocycles. The summed E-state index contributed by atoms with van der Waals surface area (Å²) in [5.41, 5.74) is 7.64. The Labute approximate surface area is 122 Å². The second-order valence-corrected chi connectivity index (χ2v) is 4.84. The zero-order chi connectivity index (χ0) is 14.5. The zero-order valence-electron chi connectivity index (χ0n) is 11.2. The van der Waals surface area contributed by atoms with E-state index in [1.165, 1.54) is 12.3 Å². The van der Waals surface area contributed by atoms with Gasteiger partial charge in [-0.1, -0.05) is 36.7 Å². The number of halogens is 1. The highest BCUT2D eigenvalue weighted by atomic mass is 35.5. The number of nitrogen functional groups attached to an aromatic ring is 1. The Bertz CT molecular complexity index is 629.